The van der Waals surface area contributed by atoms with Crippen LogP contribution in [0.5, 0.6) is 0 Å². The molecule has 0 bridgehead atoms. The molecule has 70 heavy (non-hydrogen) atoms. The lowest BCUT2D eigenvalue weighted by atomic mass is 10.0. The molecule has 0 saturated carbocycles. The number of unbranched alkanes of at least 4 members (excludes halogenated alkanes) is 27. The number of carbonyl (C=O) groups is 6. The van der Waals surface area contributed by atoms with E-state index in [0.717, 1.165) is 186 Å². The van der Waals surface area contributed by atoms with Crippen LogP contribution in [0.3, 0.4) is 0 Å². The van der Waals surface area contributed by atoms with E-state index in [1.165, 1.54) is 32.1 Å². The Balaban J connectivity index is 4.11. The average molecular weight is 994 g/mol. The van der Waals surface area contributed by atoms with Crippen LogP contribution in [-0.4, -0.2) is 92.8 Å². The van der Waals surface area contributed by atoms with E-state index in [0.29, 0.717) is 71.2 Å². The Morgan fingerprint density at radius 1 is 0.286 bits per heavy atom. The number of nitrogens with one attached hydrogen (secondary N) is 5. The van der Waals surface area contributed by atoms with Gasteiger partial charge in [-0.15, -0.1) is 0 Å². The van der Waals surface area contributed by atoms with Gasteiger partial charge < -0.3 is 55.3 Å². The predicted octanol–water partition coefficient (Wildman–Crippen LogP) is 7.21. The van der Waals surface area contributed by atoms with Crippen molar-refractivity contribution in [3.8, 4) is 0 Å². The minimum Gasteiger partial charge on any atom is -0.368 e. The number of amides is 6. The molecule has 410 valence electrons. The lowest BCUT2D eigenvalue weighted by molar-refractivity contribution is -0.129. The van der Waals surface area contributed by atoms with Crippen molar-refractivity contribution in [1.82, 2.24) is 26.6 Å². The summed E-state index contributed by atoms with van der Waals surface area (Å²) < 4.78 is 0. The van der Waals surface area contributed by atoms with Crippen molar-refractivity contribution in [3.63, 3.8) is 0 Å². The van der Waals surface area contributed by atoms with Crippen LogP contribution < -0.4 is 55.3 Å². The molecule has 6 amide bonds. The lowest BCUT2D eigenvalue weighted by Gasteiger charge is -2.18. The third kappa shape index (κ3) is 43.4. The number of nitrogens with two attached hydrogens (primary N) is 5. The van der Waals surface area contributed by atoms with Crippen LogP contribution in [-0.2, 0) is 28.8 Å². The van der Waals surface area contributed by atoms with E-state index in [1.54, 1.807) is 0 Å². The first kappa shape index (κ1) is 66.7. The molecule has 0 aromatic carbocycles. The van der Waals surface area contributed by atoms with Gasteiger partial charge in [0.2, 0.25) is 35.4 Å². The van der Waals surface area contributed by atoms with Gasteiger partial charge in [-0.05, 0) is 122 Å². The maximum absolute atomic E-state index is 13.0. The SMILES string of the molecule is NCCCCCCCCCCCC(=O)N[C@@H](CCCCN)C(=O)NCCCCCCCCCCCC(=O)N[C@@H](CCCCN)C(=O)NCCCCCCCCCCCC(=O)N[C@@H](CCCCN)C(N)=O. The van der Waals surface area contributed by atoms with Crippen molar-refractivity contribution < 1.29 is 28.8 Å². The molecular weight excluding hydrogens is 885 g/mol. The molecular formula is C54H108N10O6. The smallest absolute Gasteiger partial charge is 0.242 e. The topological polar surface area (TPSA) is 293 Å². The fourth-order valence-electron chi connectivity index (χ4n) is 8.73. The fourth-order valence-corrected chi connectivity index (χ4v) is 8.73. The normalized spacial score (nSPS) is 12.5. The van der Waals surface area contributed by atoms with E-state index in [1.807, 2.05) is 0 Å². The summed E-state index contributed by atoms with van der Waals surface area (Å²) in [7, 11) is 0. The van der Waals surface area contributed by atoms with Gasteiger partial charge in [-0.2, -0.15) is 0 Å². The van der Waals surface area contributed by atoms with Crippen molar-refractivity contribution in [3.05, 3.63) is 0 Å². The van der Waals surface area contributed by atoms with Gasteiger partial charge in [0.15, 0.2) is 0 Å². The summed E-state index contributed by atoms with van der Waals surface area (Å²) in [5, 5.41) is 14.8. The van der Waals surface area contributed by atoms with E-state index in [-0.39, 0.29) is 29.5 Å². The van der Waals surface area contributed by atoms with Gasteiger partial charge in [0.05, 0.1) is 0 Å². The second-order valence-corrected chi connectivity index (χ2v) is 19.8. The average Bonchev–Trinajstić information content (AvgIpc) is 3.34. The molecule has 0 saturated heterocycles. The van der Waals surface area contributed by atoms with E-state index in [4.69, 9.17) is 28.7 Å². The van der Waals surface area contributed by atoms with Crippen molar-refractivity contribution in [1.29, 1.82) is 0 Å². The molecule has 16 heteroatoms. The van der Waals surface area contributed by atoms with Crippen LogP contribution in [0.4, 0.5) is 0 Å². The highest BCUT2D eigenvalue weighted by molar-refractivity contribution is 5.88. The third-order valence-corrected chi connectivity index (χ3v) is 13.2. The first-order valence-electron chi connectivity index (χ1n) is 28.6. The number of carbonyl (C=O) groups excluding carboxylic acids is 6. The Morgan fingerprint density at radius 2 is 0.514 bits per heavy atom. The monoisotopic (exact) mass is 993 g/mol. The number of hydrogen-bond donors (Lipinski definition) is 10. The molecule has 3 atom stereocenters. The highest BCUT2D eigenvalue weighted by atomic mass is 16.2. The van der Waals surface area contributed by atoms with Crippen LogP contribution >= 0.6 is 0 Å². The van der Waals surface area contributed by atoms with Gasteiger partial charge >= 0.3 is 0 Å². The van der Waals surface area contributed by atoms with Crippen molar-refractivity contribution in [2.24, 2.45) is 28.7 Å². The Labute approximate surface area is 425 Å². The van der Waals surface area contributed by atoms with Gasteiger partial charge in [0.1, 0.15) is 18.1 Å². The summed E-state index contributed by atoms with van der Waals surface area (Å²) in [5.41, 5.74) is 27.9. The number of primary amides is 1. The van der Waals surface area contributed by atoms with E-state index in [2.05, 4.69) is 26.6 Å². The summed E-state index contributed by atoms with van der Waals surface area (Å²) in [6.07, 6.45) is 36.8. The molecule has 15 N–H and O–H groups in total. The molecule has 0 rings (SSSR count). The third-order valence-electron chi connectivity index (χ3n) is 13.2. The predicted molar refractivity (Wildman–Crippen MR) is 287 cm³/mol. The van der Waals surface area contributed by atoms with Crippen molar-refractivity contribution in [2.75, 3.05) is 39.3 Å². The summed E-state index contributed by atoms with van der Waals surface area (Å²) in [6.45, 7) is 3.68. The lowest BCUT2D eigenvalue weighted by Crippen LogP contribution is -2.47. The van der Waals surface area contributed by atoms with Crippen molar-refractivity contribution >= 4 is 35.4 Å². The quantitative estimate of drug-likeness (QED) is 0.0273. The molecule has 0 heterocycles. The number of hydrogen-bond acceptors (Lipinski definition) is 10. The van der Waals surface area contributed by atoms with Gasteiger partial charge in [0.25, 0.3) is 0 Å². The van der Waals surface area contributed by atoms with Crippen LogP contribution in [0.1, 0.15) is 250 Å². The summed E-state index contributed by atoms with van der Waals surface area (Å²) >= 11 is 0. The Hall–Kier alpha value is -3.34. The van der Waals surface area contributed by atoms with Gasteiger partial charge in [-0.1, -0.05) is 135 Å². The Morgan fingerprint density at radius 3 is 0.800 bits per heavy atom. The van der Waals surface area contributed by atoms with Crippen molar-refractivity contribution in [2.45, 2.75) is 269 Å². The molecule has 0 radical (unpaired) electrons. The van der Waals surface area contributed by atoms with Crippen LogP contribution in [0.2, 0.25) is 0 Å². The van der Waals surface area contributed by atoms with Crippen LogP contribution in [0.15, 0.2) is 0 Å². The zero-order valence-electron chi connectivity index (χ0n) is 44.4. The maximum atomic E-state index is 13.0. The van der Waals surface area contributed by atoms with Gasteiger partial charge in [-0.3, -0.25) is 28.8 Å². The summed E-state index contributed by atoms with van der Waals surface area (Å²) in [4.78, 5) is 75.4. The van der Waals surface area contributed by atoms with Crippen LogP contribution in [0, 0.1) is 0 Å². The van der Waals surface area contributed by atoms with E-state index < -0.39 is 24.0 Å². The molecule has 0 aliphatic rings. The standard InChI is InChI=1S/C54H108N10O6/c55-40-28-19-13-7-1-4-10-17-23-38-50(66)63-47(35-26-30-42-57)53(69)61-45-33-21-15-9-3-6-12-18-24-39-51(67)64-48(36-27-31-43-58)54(70)60-44-32-20-14-8-2-5-11-16-22-37-49(65)62-46(52(59)68)34-25-29-41-56/h46-48H,1-45,55-58H2,(H2,59,68)(H,60,70)(H,61,69)(H,62,65)(H,63,66)(H,64,67)/t46-,47-,48-/m0/s1. The maximum Gasteiger partial charge on any atom is 0.242 e. The Kier molecular flexibility index (Phi) is 48.2. The summed E-state index contributed by atoms with van der Waals surface area (Å²) in [6, 6.07) is -1.65. The zero-order valence-corrected chi connectivity index (χ0v) is 44.4. The van der Waals surface area contributed by atoms with Crippen LogP contribution in [0.25, 0.3) is 0 Å². The molecule has 0 aromatic heterocycles. The molecule has 0 aliphatic heterocycles. The minimum atomic E-state index is -0.618. The molecule has 16 nitrogen and oxygen atoms in total. The first-order chi connectivity index (χ1) is 34.1. The highest BCUT2D eigenvalue weighted by Gasteiger charge is 2.21. The summed E-state index contributed by atoms with van der Waals surface area (Å²) in [5.74, 6) is -0.935. The molecule has 0 aromatic rings. The minimum absolute atomic E-state index is 0.0392. The fraction of sp³-hybridized carbons (Fsp3) is 0.889. The molecule has 0 unspecified atom stereocenters. The highest BCUT2D eigenvalue weighted by Crippen LogP contribution is 2.14. The number of rotatable bonds is 53. The van der Waals surface area contributed by atoms with E-state index >= 15 is 0 Å². The first-order valence-corrected chi connectivity index (χ1v) is 28.6. The van der Waals surface area contributed by atoms with Gasteiger partial charge in [0, 0.05) is 32.4 Å². The van der Waals surface area contributed by atoms with E-state index in [9.17, 15) is 28.8 Å². The molecule has 0 spiro atoms. The largest absolute Gasteiger partial charge is 0.368 e. The second kappa shape index (κ2) is 50.6. The molecule has 0 fully saturated rings. The van der Waals surface area contributed by atoms with Gasteiger partial charge in [-0.25, -0.2) is 0 Å². The zero-order chi connectivity index (χ0) is 51.6. The molecule has 0 aliphatic carbocycles. The Bertz CT molecular complexity index is 1290. The second-order valence-electron chi connectivity index (χ2n) is 19.8.